The smallest absolute Gasteiger partial charge is 0.308 e. The molecule has 0 heterocycles. The van der Waals surface area contributed by atoms with Crippen molar-refractivity contribution in [1.29, 1.82) is 0 Å². The van der Waals surface area contributed by atoms with E-state index in [9.17, 15) is 9.59 Å². The summed E-state index contributed by atoms with van der Waals surface area (Å²) in [7, 11) is 3.16. The number of likely N-dealkylation sites (N-methyl/N-ethyl adjacent to an activating group) is 1. The summed E-state index contributed by atoms with van der Waals surface area (Å²) in [6, 6.07) is 7.31. The summed E-state index contributed by atoms with van der Waals surface area (Å²) in [6.45, 7) is 1.74. The van der Waals surface area contributed by atoms with E-state index in [2.05, 4.69) is 0 Å². The van der Waals surface area contributed by atoms with Gasteiger partial charge in [-0.3, -0.25) is 9.59 Å². The average molecular weight is 277 g/mol. The van der Waals surface area contributed by atoms with Crippen molar-refractivity contribution in [3.05, 3.63) is 35.9 Å². The number of methoxy groups -OCH3 is 1. The van der Waals surface area contributed by atoms with Crippen molar-refractivity contribution in [2.45, 2.75) is 6.92 Å². The number of rotatable bonds is 6. The fraction of sp³-hybridized carbons (Fsp3) is 0.333. The summed E-state index contributed by atoms with van der Waals surface area (Å²) in [6.07, 6.45) is 3.09. The molecule has 5 heteroatoms. The number of amides is 1. The predicted molar refractivity (Wildman–Crippen MR) is 76.5 cm³/mol. The zero-order valence-electron chi connectivity index (χ0n) is 11.9. The largest absolute Gasteiger partial charge is 0.497 e. The van der Waals surface area contributed by atoms with E-state index in [1.165, 1.54) is 11.0 Å². The number of carbonyl (C=O) groups excluding carboxylic acids is 1. The van der Waals surface area contributed by atoms with E-state index in [1.807, 2.05) is 24.3 Å². The average Bonchev–Trinajstić information content (AvgIpc) is 2.44. The van der Waals surface area contributed by atoms with Crippen LogP contribution in [0.4, 0.5) is 0 Å². The van der Waals surface area contributed by atoms with Gasteiger partial charge in [-0.2, -0.15) is 0 Å². The number of hydrogen-bond acceptors (Lipinski definition) is 3. The molecule has 1 aromatic rings. The lowest BCUT2D eigenvalue weighted by Gasteiger charge is -2.17. The van der Waals surface area contributed by atoms with Crippen LogP contribution in [0, 0.1) is 5.92 Å². The minimum absolute atomic E-state index is 0.177. The lowest BCUT2D eigenvalue weighted by Crippen LogP contribution is -2.32. The van der Waals surface area contributed by atoms with Gasteiger partial charge in [-0.25, -0.2) is 0 Å². The molecule has 5 nitrogen and oxygen atoms in total. The molecule has 108 valence electrons. The molecule has 0 aliphatic heterocycles. The molecule has 1 N–H and O–H groups in total. The molecule has 0 saturated carbocycles. The highest BCUT2D eigenvalue weighted by Gasteiger charge is 2.15. The topological polar surface area (TPSA) is 66.8 Å². The molecule has 1 unspecified atom stereocenters. The third-order valence-corrected chi connectivity index (χ3v) is 2.86. The molecule has 0 bridgehead atoms. The number of benzene rings is 1. The van der Waals surface area contributed by atoms with E-state index < -0.39 is 11.9 Å². The molecule has 0 fully saturated rings. The number of hydrogen-bond donors (Lipinski definition) is 1. The molecule has 0 aliphatic carbocycles. The molecular formula is C15H19NO4. The summed E-state index contributed by atoms with van der Waals surface area (Å²) in [5.74, 6) is -1.02. The minimum Gasteiger partial charge on any atom is -0.497 e. The Kier molecular flexibility index (Phi) is 5.77. The summed E-state index contributed by atoms with van der Waals surface area (Å²) < 4.78 is 5.09. The van der Waals surface area contributed by atoms with Crippen LogP contribution in [0.2, 0.25) is 0 Å². The standard InChI is InChI=1S/C15H19NO4/c1-11(15(18)19)10-16(2)14(17)8-7-12-5-4-6-13(9-12)20-3/h4-9,11H,10H2,1-3H3,(H,18,19). The first-order valence-corrected chi connectivity index (χ1v) is 6.24. The van der Waals surface area contributed by atoms with Crippen LogP contribution in [0.3, 0.4) is 0 Å². The summed E-state index contributed by atoms with van der Waals surface area (Å²) in [5.41, 5.74) is 0.845. The summed E-state index contributed by atoms with van der Waals surface area (Å²) >= 11 is 0. The first-order valence-electron chi connectivity index (χ1n) is 6.24. The maximum atomic E-state index is 11.8. The van der Waals surface area contributed by atoms with Gasteiger partial charge in [-0.1, -0.05) is 19.1 Å². The SMILES string of the molecule is COc1cccc(C=CC(=O)N(C)CC(C)C(=O)O)c1. The van der Waals surface area contributed by atoms with Crippen LogP contribution in [-0.2, 0) is 9.59 Å². The third-order valence-electron chi connectivity index (χ3n) is 2.86. The lowest BCUT2D eigenvalue weighted by molar-refractivity contribution is -0.142. The van der Waals surface area contributed by atoms with E-state index in [-0.39, 0.29) is 12.5 Å². The molecule has 1 atom stereocenters. The van der Waals surface area contributed by atoms with E-state index in [0.717, 1.165) is 5.56 Å². The van der Waals surface area contributed by atoms with E-state index in [0.29, 0.717) is 5.75 Å². The van der Waals surface area contributed by atoms with Gasteiger partial charge < -0.3 is 14.7 Å². The van der Waals surface area contributed by atoms with Crippen molar-refractivity contribution in [1.82, 2.24) is 4.90 Å². The van der Waals surface area contributed by atoms with Gasteiger partial charge >= 0.3 is 5.97 Å². The van der Waals surface area contributed by atoms with Crippen LogP contribution < -0.4 is 4.74 Å². The zero-order valence-corrected chi connectivity index (χ0v) is 11.9. The fourth-order valence-corrected chi connectivity index (χ4v) is 1.62. The number of ether oxygens (including phenoxy) is 1. The monoisotopic (exact) mass is 277 g/mol. The van der Waals surface area contributed by atoms with Crippen molar-refractivity contribution < 1.29 is 19.4 Å². The Labute approximate surface area is 118 Å². The molecule has 0 saturated heterocycles. The first kappa shape index (κ1) is 15.8. The molecular weight excluding hydrogens is 258 g/mol. The second-order valence-electron chi connectivity index (χ2n) is 4.57. The zero-order chi connectivity index (χ0) is 15.1. The molecule has 1 rings (SSSR count). The Morgan fingerprint density at radius 2 is 2.15 bits per heavy atom. The highest BCUT2D eigenvalue weighted by molar-refractivity contribution is 5.91. The molecule has 0 aromatic heterocycles. The number of carboxylic acids is 1. The van der Waals surface area contributed by atoms with Crippen LogP contribution in [0.1, 0.15) is 12.5 Å². The molecule has 1 amide bonds. The molecule has 1 aromatic carbocycles. The van der Waals surface area contributed by atoms with Gasteiger partial charge in [0.25, 0.3) is 0 Å². The van der Waals surface area contributed by atoms with Crippen LogP contribution in [0.5, 0.6) is 5.75 Å². The van der Waals surface area contributed by atoms with Crippen molar-refractivity contribution in [2.75, 3.05) is 20.7 Å². The summed E-state index contributed by atoms with van der Waals surface area (Å²) in [4.78, 5) is 24.0. The Bertz CT molecular complexity index is 510. The highest BCUT2D eigenvalue weighted by Crippen LogP contribution is 2.13. The van der Waals surface area contributed by atoms with Crippen LogP contribution in [-0.4, -0.2) is 42.6 Å². The second kappa shape index (κ2) is 7.33. The second-order valence-corrected chi connectivity index (χ2v) is 4.57. The Balaban J connectivity index is 2.64. The van der Waals surface area contributed by atoms with Gasteiger partial charge in [0.2, 0.25) is 5.91 Å². The van der Waals surface area contributed by atoms with Crippen molar-refractivity contribution in [3.63, 3.8) is 0 Å². The normalized spacial score (nSPS) is 12.2. The third kappa shape index (κ3) is 4.76. The minimum atomic E-state index is -0.915. The lowest BCUT2D eigenvalue weighted by atomic mass is 10.1. The van der Waals surface area contributed by atoms with Gasteiger partial charge in [0, 0.05) is 19.7 Å². The number of aliphatic carboxylic acids is 1. The number of carbonyl (C=O) groups is 2. The van der Waals surface area contributed by atoms with E-state index in [4.69, 9.17) is 9.84 Å². The molecule has 0 radical (unpaired) electrons. The van der Waals surface area contributed by atoms with Crippen LogP contribution in [0.25, 0.3) is 6.08 Å². The van der Waals surface area contributed by atoms with E-state index in [1.54, 1.807) is 27.2 Å². The maximum absolute atomic E-state index is 11.8. The number of carboxylic acid groups (broad SMARTS) is 1. The fourth-order valence-electron chi connectivity index (χ4n) is 1.62. The number of nitrogens with zero attached hydrogens (tertiary/aromatic N) is 1. The first-order chi connectivity index (χ1) is 9.43. The molecule has 0 spiro atoms. The maximum Gasteiger partial charge on any atom is 0.308 e. The van der Waals surface area contributed by atoms with Gasteiger partial charge in [-0.15, -0.1) is 0 Å². The van der Waals surface area contributed by atoms with E-state index >= 15 is 0 Å². The summed E-state index contributed by atoms with van der Waals surface area (Å²) in [5, 5.41) is 8.81. The van der Waals surface area contributed by atoms with Gasteiger partial charge in [0.1, 0.15) is 5.75 Å². The van der Waals surface area contributed by atoms with Crippen molar-refractivity contribution in [3.8, 4) is 5.75 Å². The Hall–Kier alpha value is -2.30. The Morgan fingerprint density at radius 1 is 1.45 bits per heavy atom. The van der Waals surface area contributed by atoms with Gasteiger partial charge in [0.05, 0.1) is 13.0 Å². The highest BCUT2D eigenvalue weighted by atomic mass is 16.5. The Morgan fingerprint density at radius 3 is 2.75 bits per heavy atom. The molecule has 0 aliphatic rings. The molecule has 20 heavy (non-hydrogen) atoms. The van der Waals surface area contributed by atoms with Crippen molar-refractivity contribution in [2.24, 2.45) is 5.92 Å². The van der Waals surface area contributed by atoms with Crippen molar-refractivity contribution >= 4 is 18.0 Å². The van der Waals surface area contributed by atoms with Gasteiger partial charge in [0.15, 0.2) is 0 Å². The van der Waals surface area contributed by atoms with Crippen LogP contribution >= 0.6 is 0 Å². The van der Waals surface area contributed by atoms with Gasteiger partial charge in [-0.05, 0) is 23.8 Å². The predicted octanol–water partition coefficient (Wildman–Crippen LogP) is 1.89. The van der Waals surface area contributed by atoms with Crippen LogP contribution in [0.15, 0.2) is 30.3 Å². The quantitative estimate of drug-likeness (QED) is 0.806.